The normalized spacial score (nSPS) is 22.1. The quantitative estimate of drug-likeness (QED) is 0.378. The molecule has 0 spiro atoms. The van der Waals surface area contributed by atoms with Gasteiger partial charge in [0.25, 0.3) is 0 Å². The minimum absolute atomic E-state index is 0.192. The number of hydrogen-bond donors (Lipinski definition) is 1. The summed E-state index contributed by atoms with van der Waals surface area (Å²) in [5.74, 6) is -1.97. The molecule has 0 saturated heterocycles. The highest BCUT2D eigenvalue weighted by Gasteiger charge is 2.48. The van der Waals surface area contributed by atoms with Crippen molar-refractivity contribution in [2.75, 3.05) is 0 Å². The third-order valence-corrected chi connectivity index (χ3v) is 13.3. The van der Waals surface area contributed by atoms with Crippen molar-refractivity contribution < 1.29 is 13.2 Å². The van der Waals surface area contributed by atoms with Gasteiger partial charge in [-0.3, -0.25) is 4.98 Å². The number of pyridine rings is 1. The molecule has 0 amide bonds. The summed E-state index contributed by atoms with van der Waals surface area (Å²) < 4.78 is 35.8. The maximum absolute atomic E-state index is 14.7. The monoisotopic (exact) mass is 446 g/mol. The highest BCUT2D eigenvalue weighted by Crippen LogP contribution is 2.49. The van der Waals surface area contributed by atoms with Crippen molar-refractivity contribution in [3.8, 4) is 0 Å². The van der Waals surface area contributed by atoms with E-state index >= 15 is 0 Å². The number of rotatable bonds is 6. The van der Waals surface area contributed by atoms with E-state index in [0.29, 0.717) is 35.0 Å². The van der Waals surface area contributed by atoms with Gasteiger partial charge < -0.3 is 10.2 Å². The Labute approximate surface area is 186 Å². The van der Waals surface area contributed by atoms with Gasteiger partial charge in [0.1, 0.15) is 0 Å². The first-order valence-corrected chi connectivity index (χ1v) is 13.6. The van der Waals surface area contributed by atoms with Crippen LogP contribution in [-0.2, 0) is 4.43 Å². The predicted octanol–water partition coefficient (Wildman–Crippen LogP) is 7.17. The molecule has 3 nitrogen and oxygen atoms in total. The lowest BCUT2D eigenvalue weighted by molar-refractivity contribution is 0.159. The smallest absolute Gasteiger partial charge is 0.201 e. The largest absolute Gasteiger partial charge is 0.408 e. The molecule has 1 heterocycles. The summed E-state index contributed by atoms with van der Waals surface area (Å²) in [4.78, 5) is 4.69. The third kappa shape index (κ3) is 4.35. The van der Waals surface area contributed by atoms with Crippen molar-refractivity contribution in [3.05, 3.63) is 65.0 Å². The van der Waals surface area contributed by atoms with Gasteiger partial charge in [0.05, 0.1) is 11.8 Å². The predicted molar refractivity (Wildman–Crippen MR) is 124 cm³/mol. The van der Waals surface area contributed by atoms with Gasteiger partial charge in [-0.2, -0.15) is 0 Å². The number of halogens is 2. The summed E-state index contributed by atoms with van der Waals surface area (Å²) in [5, 5.41) is 0. The Bertz CT molecular complexity index is 881. The van der Waals surface area contributed by atoms with Gasteiger partial charge in [0, 0.05) is 18.2 Å². The molecule has 2 aromatic rings. The zero-order valence-electron chi connectivity index (χ0n) is 19.5. The highest BCUT2D eigenvalue weighted by molar-refractivity contribution is 6.77. The van der Waals surface area contributed by atoms with Crippen LogP contribution in [-0.4, -0.2) is 13.3 Å². The van der Waals surface area contributed by atoms with Crippen molar-refractivity contribution in [2.24, 2.45) is 5.73 Å². The molecule has 0 aliphatic heterocycles. The van der Waals surface area contributed by atoms with E-state index in [1.165, 1.54) is 0 Å². The molecule has 3 rings (SSSR count). The molecule has 3 atom stereocenters. The van der Waals surface area contributed by atoms with Gasteiger partial charge >= 0.3 is 0 Å². The SMILES string of the molecule is CC(C)[Si](OC1CCC(c2cccc(F)c2F)C(N)c2cccnc21)(C(C)C)C(C)C. The van der Waals surface area contributed by atoms with Gasteiger partial charge in [-0.15, -0.1) is 0 Å². The average molecular weight is 447 g/mol. The van der Waals surface area contributed by atoms with E-state index in [4.69, 9.17) is 15.1 Å². The first kappa shape index (κ1) is 24.0. The Balaban J connectivity index is 2.06. The zero-order valence-corrected chi connectivity index (χ0v) is 20.5. The van der Waals surface area contributed by atoms with Crippen LogP contribution in [0.4, 0.5) is 8.78 Å². The molecule has 0 saturated carbocycles. The van der Waals surface area contributed by atoms with Crippen molar-refractivity contribution >= 4 is 8.32 Å². The number of benzene rings is 1. The molecule has 0 radical (unpaired) electrons. The number of nitrogens with two attached hydrogens (primary N) is 1. The van der Waals surface area contributed by atoms with Gasteiger partial charge in [0.2, 0.25) is 8.32 Å². The van der Waals surface area contributed by atoms with E-state index in [9.17, 15) is 8.78 Å². The van der Waals surface area contributed by atoms with Crippen LogP contribution in [0.3, 0.4) is 0 Å². The molecule has 0 bridgehead atoms. The first-order valence-electron chi connectivity index (χ1n) is 11.4. The van der Waals surface area contributed by atoms with Crippen LogP contribution in [0.2, 0.25) is 16.6 Å². The molecule has 170 valence electrons. The van der Waals surface area contributed by atoms with Crippen LogP contribution in [0, 0.1) is 11.6 Å². The molecule has 1 aromatic carbocycles. The number of aromatic nitrogens is 1. The van der Waals surface area contributed by atoms with E-state index in [1.807, 2.05) is 12.1 Å². The summed E-state index contributed by atoms with van der Waals surface area (Å²) in [6.07, 6.45) is 2.87. The van der Waals surface area contributed by atoms with Crippen LogP contribution in [0.25, 0.3) is 0 Å². The second kappa shape index (κ2) is 9.47. The second-order valence-electron chi connectivity index (χ2n) is 9.75. The zero-order chi connectivity index (χ0) is 22.9. The van der Waals surface area contributed by atoms with E-state index in [0.717, 1.165) is 17.3 Å². The lowest BCUT2D eigenvalue weighted by Crippen LogP contribution is -2.48. The number of nitrogens with zero attached hydrogens (tertiary/aromatic N) is 1. The molecular weight excluding hydrogens is 410 g/mol. The fraction of sp³-hybridized carbons (Fsp3) is 0.560. The lowest BCUT2D eigenvalue weighted by atomic mass is 9.86. The summed E-state index contributed by atoms with van der Waals surface area (Å²) in [6, 6.07) is 7.70. The topological polar surface area (TPSA) is 48.1 Å². The van der Waals surface area contributed by atoms with Gasteiger partial charge in [-0.05, 0) is 52.7 Å². The van der Waals surface area contributed by atoms with E-state index in [-0.39, 0.29) is 12.0 Å². The highest BCUT2D eigenvalue weighted by atomic mass is 28.4. The Morgan fingerprint density at radius 2 is 1.55 bits per heavy atom. The van der Waals surface area contributed by atoms with E-state index in [2.05, 4.69) is 41.5 Å². The summed E-state index contributed by atoms with van der Waals surface area (Å²) in [6.45, 7) is 13.6. The Kier molecular flexibility index (Phi) is 7.34. The van der Waals surface area contributed by atoms with Crippen molar-refractivity contribution in [1.29, 1.82) is 0 Å². The van der Waals surface area contributed by atoms with Gasteiger partial charge in [0.15, 0.2) is 11.6 Å². The van der Waals surface area contributed by atoms with Gasteiger partial charge in [-0.1, -0.05) is 59.7 Å². The molecule has 1 aliphatic rings. The van der Waals surface area contributed by atoms with Crippen LogP contribution in [0.5, 0.6) is 0 Å². The molecule has 3 unspecified atom stereocenters. The van der Waals surface area contributed by atoms with Crippen LogP contribution in [0.1, 0.15) is 89.3 Å². The van der Waals surface area contributed by atoms with Gasteiger partial charge in [-0.25, -0.2) is 8.78 Å². The first-order chi connectivity index (χ1) is 14.6. The van der Waals surface area contributed by atoms with E-state index < -0.39 is 26.0 Å². The number of fused-ring (bicyclic) bond motifs is 1. The molecule has 0 fully saturated rings. The third-order valence-electron chi connectivity index (χ3n) is 7.14. The standard InChI is InChI=1S/C25H36F2N2OSi/c1-15(2)31(16(3)4,17(5)6)30-22-13-12-19(18-9-7-11-21(26)23(18)27)24(28)20-10-8-14-29-25(20)22/h7-11,14-17,19,22,24H,12-13,28H2,1-6H3. The fourth-order valence-corrected chi connectivity index (χ4v) is 11.3. The van der Waals surface area contributed by atoms with Crippen molar-refractivity contribution in [3.63, 3.8) is 0 Å². The fourth-order valence-electron chi connectivity index (χ4n) is 5.77. The van der Waals surface area contributed by atoms with Crippen molar-refractivity contribution in [2.45, 2.75) is 89.1 Å². The summed E-state index contributed by atoms with van der Waals surface area (Å²) in [7, 11) is -2.16. The Morgan fingerprint density at radius 1 is 0.935 bits per heavy atom. The minimum Gasteiger partial charge on any atom is -0.408 e. The van der Waals surface area contributed by atoms with Crippen LogP contribution >= 0.6 is 0 Å². The molecular formula is C25H36F2N2OSi. The van der Waals surface area contributed by atoms with E-state index in [1.54, 1.807) is 18.3 Å². The Morgan fingerprint density at radius 3 is 2.16 bits per heavy atom. The van der Waals surface area contributed by atoms with Crippen LogP contribution < -0.4 is 5.73 Å². The Hall–Kier alpha value is -1.63. The van der Waals surface area contributed by atoms with Crippen molar-refractivity contribution in [1.82, 2.24) is 4.98 Å². The minimum atomic E-state index is -2.16. The molecule has 6 heteroatoms. The lowest BCUT2D eigenvalue weighted by Gasteiger charge is -2.44. The number of hydrogen-bond acceptors (Lipinski definition) is 3. The summed E-state index contributed by atoms with van der Waals surface area (Å²) in [5.41, 5.74) is 10.1. The second-order valence-corrected chi connectivity index (χ2v) is 15.2. The molecule has 31 heavy (non-hydrogen) atoms. The maximum atomic E-state index is 14.7. The molecule has 1 aromatic heterocycles. The molecule has 1 aliphatic carbocycles. The summed E-state index contributed by atoms with van der Waals surface area (Å²) >= 11 is 0. The average Bonchev–Trinajstić information content (AvgIpc) is 2.84. The maximum Gasteiger partial charge on any atom is 0.201 e. The van der Waals surface area contributed by atoms with Crippen LogP contribution in [0.15, 0.2) is 36.5 Å². The molecule has 2 N–H and O–H groups in total.